The standard InChI is InChI=1S/C11H14O2.C2H6/c1-8-3-4-10(7-9(8)2)11-12-5-6-13-11;1-2/h3-4,7,11H,5-6H2,1-2H3;1-2H3. The van der Waals surface area contributed by atoms with Gasteiger partial charge in [0.2, 0.25) is 0 Å². The van der Waals surface area contributed by atoms with Gasteiger partial charge in [-0.15, -0.1) is 0 Å². The molecule has 0 radical (unpaired) electrons. The Labute approximate surface area is 92.2 Å². The number of benzene rings is 1. The van der Waals surface area contributed by atoms with Gasteiger partial charge in [0.05, 0.1) is 13.2 Å². The second kappa shape index (κ2) is 5.89. The molecule has 15 heavy (non-hydrogen) atoms. The summed E-state index contributed by atoms with van der Waals surface area (Å²) < 4.78 is 10.8. The van der Waals surface area contributed by atoms with Gasteiger partial charge in [0.15, 0.2) is 6.29 Å². The van der Waals surface area contributed by atoms with Crippen LogP contribution in [0.25, 0.3) is 0 Å². The quantitative estimate of drug-likeness (QED) is 0.704. The molecule has 2 nitrogen and oxygen atoms in total. The predicted molar refractivity (Wildman–Crippen MR) is 61.9 cm³/mol. The Morgan fingerprint density at radius 3 is 2.13 bits per heavy atom. The van der Waals surface area contributed by atoms with Crippen molar-refractivity contribution in [2.24, 2.45) is 0 Å². The molecule has 2 heteroatoms. The lowest BCUT2D eigenvalue weighted by Gasteiger charge is -2.10. The van der Waals surface area contributed by atoms with Crippen LogP contribution in [0.15, 0.2) is 18.2 Å². The van der Waals surface area contributed by atoms with Gasteiger partial charge in [-0.25, -0.2) is 0 Å². The Balaban J connectivity index is 0.000000531. The second-order valence-corrected chi connectivity index (χ2v) is 3.42. The molecule has 1 heterocycles. The van der Waals surface area contributed by atoms with Gasteiger partial charge in [-0.05, 0) is 25.0 Å². The normalized spacial score (nSPS) is 16.0. The molecular weight excluding hydrogens is 188 g/mol. The van der Waals surface area contributed by atoms with Gasteiger partial charge < -0.3 is 9.47 Å². The molecule has 0 spiro atoms. The van der Waals surface area contributed by atoms with E-state index in [0.29, 0.717) is 13.2 Å². The van der Waals surface area contributed by atoms with E-state index in [1.165, 1.54) is 11.1 Å². The maximum absolute atomic E-state index is 5.41. The third-order valence-corrected chi connectivity index (χ3v) is 2.42. The van der Waals surface area contributed by atoms with Gasteiger partial charge in [0.25, 0.3) is 0 Å². The molecule has 1 saturated heterocycles. The summed E-state index contributed by atoms with van der Waals surface area (Å²) >= 11 is 0. The smallest absolute Gasteiger partial charge is 0.184 e. The topological polar surface area (TPSA) is 18.5 Å². The first-order valence-corrected chi connectivity index (χ1v) is 5.58. The average molecular weight is 208 g/mol. The fraction of sp³-hybridized carbons (Fsp3) is 0.538. The monoisotopic (exact) mass is 208 g/mol. The van der Waals surface area contributed by atoms with Crippen LogP contribution in [0.5, 0.6) is 0 Å². The summed E-state index contributed by atoms with van der Waals surface area (Å²) in [4.78, 5) is 0. The minimum atomic E-state index is -0.140. The van der Waals surface area contributed by atoms with Crippen LogP contribution in [-0.2, 0) is 9.47 Å². The number of rotatable bonds is 1. The molecule has 0 unspecified atom stereocenters. The van der Waals surface area contributed by atoms with E-state index < -0.39 is 0 Å². The molecular formula is C13H20O2. The van der Waals surface area contributed by atoms with Crippen LogP contribution in [0.3, 0.4) is 0 Å². The van der Waals surface area contributed by atoms with Gasteiger partial charge in [-0.1, -0.05) is 32.0 Å². The number of aryl methyl sites for hydroxylation is 2. The zero-order valence-corrected chi connectivity index (χ0v) is 10.0. The zero-order valence-electron chi connectivity index (χ0n) is 10.0. The van der Waals surface area contributed by atoms with Crippen LogP contribution in [0.1, 0.15) is 36.8 Å². The molecule has 1 fully saturated rings. The molecule has 0 aromatic heterocycles. The number of ether oxygens (including phenoxy) is 2. The fourth-order valence-electron chi connectivity index (χ4n) is 1.46. The number of hydrogen-bond donors (Lipinski definition) is 0. The molecule has 0 bridgehead atoms. The Kier molecular flexibility index (Phi) is 4.79. The van der Waals surface area contributed by atoms with E-state index in [-0.39, 0.29) is 6.29 Å². The lowest BCUT2D eigenvalue weighted by molar-refractivity contribution is -0.0441. The third-order valence-electron chi connectivity index (χ3n) is 2.42. The highest BCUT2D eigenvalue weighted by Gasteiger charge is 2.17. The molecule has 0 saturated carbocycles. The molecule has 0 aliphatic carbocycles. The Hall–Kier alpha value is -0.860. The summed E-state index contributed by atoms with van der Waals surface area (Å²) in [5, 5.41) is 0. The van der Waals surface area contributed by atoms with Crippen molar-refractivity contribution in [2.75, 3.05) is 13.2 Å². The zero-order chi connectivity index (χ0) is 11.3. The van der Waals surface area contributed by atoms with Crippen LogP contribution in [0.4, 0.5) is 0 Å². The maximum atomic E-state index is 5.41. The van der Waals surface area contributed by atoms with E-state index in [9.17, 15) is 0 Å². The van der Waals surface area contributed by atoms with Crippen LogP contribution in [0.2, 0.25) is 0 Å². The molecule has 1 aliphatic rings. The molecule has 1 aliphatic heterocycles. The van der Waals surface area contributed by atoms with Crippen molar-refractivity contribution in [2.45, 2.75) is 34.0 Å². The van der Waals surface area contributed by atoms with Crippen molar-refractivity contribution in [3.63, 3.8) is 0 Å². The molecule has 0 atom stereocenters. The van der Waals surface area contributed by atoms with Crippen molar-refractivity contribution in [1.82, 2.24) is 0 Å². The highest BCUT2D eigenvalue weighted by atomic mass is 16.7. The lowest BCUT2D eigenvalue weighted by Crippen LogP contribution is -1.98. The van der Waals surface area contributed by atoms with Crippen molar-refractivity contribution in [3.05, 3.63) is 34.9 Å². The first-order chi connectivity index (χ1) is 7.27. The fourth-order valence-corrected chi connectivity index (χ4v) is 1.46. The highest BCUT2D eigenvalue weighted by molar-refractivity contribution is 5.30. The summed E-state index contributed by atoms with van der Waals surface area (Å²) in [6.45, 7) is 9.62. The first-order valence-electron chi connectivity index (χ1n) is 5.58. The van der Waals surface area contributed by atoms with E-state index in [4.69, 9.17) is 9.47 Å². The van der Waals surface area contributed by atoms with E-state index in [0.717, 1.165) is 5.56 Å². The summed E-state index contributed by atoms with van der Waals surface area (Å²) in [6, 6.07) is 6.30. The summed E-state index contributed by atoms with van der Waals surface area (Å²) in [5.41, 5.74) is 3.72. The van der Waals surface area contributed by atoms with Crippen LogP contribution < -0.4 is 0 Å². The summed E-state index contributed by atoms with van der Waals surface area (Å²) in [6.07, 6.45) is -0.140. The first kappa shape index (κ1) is 12.2. The van der Waals surface area contributed by atoms with Crippen molar-refractivity contribution < 1.29 is 9.47 Å². The second-order valence-electron chi connectivity index (χ2n) is 3.42. The van der Waals surface area contributed by atoms with Crippen molar-refractivity contribution in [3.8, 4) is 0 Å². The van der Waals surface area contributed by atoms with Crippen molar-refractivity contribution >= 4 is 0 Å². The Morgan fingerprint density at radius 2 is 1.60 bits per heavy atom. The Morgan fingerprint density at radius 1 is 1.00 bits per heavy atom. The van der Waals surface area contributed by atoms with Gasteiger partial charge >= 0.3 is 0 Å². The lowest BCUT2D eigenvalue weighted by atomic mass is 10.1. The largest absolute Gasteiger partial charge is 0.346 e. The molecule has 0 amide bonds. The van der Waals surface area contributed by atoms with Crippen LogP contribution in [-0.4, -0.2) is 13.2 Å². The van der Waals surface area contributed by atoms with E-state index in [1.54, 1.807) is 0 Å². The van der Waals surface area contributed by atoms with Crippen LogP contribution in [0, 0.1) is 13.8 Å². The van der Waals surface area contributed by atoms with Gasteiger partial charge in [0.1, 0.15) is 0 Å². The molecule has 2 rings (SSSR count). The molecule has 0 N–H and O–H groups in total. The number of hydrogen-bond acceptors (Lipinski definition) is 2. The van der Waals surface area contributed by atoms with Gasteiger partial charge in [-0.2, -0.15) is 0 Å². The van der Waals surface area contributed by atoms with Gasteiger partial charge in [-0.3, -0.25) is 0 Å². The summed E-state index contributed by atoms with van der Waals surface area (Å²) in [5.74, 6) is 0. The maximum Gasteiger partial charge on any atom is 0.184 e. The van der Waals surface area contributed by atoms with E-state index in [1.807, 2.05) is 13.8 Å². The van der Waals surface area contributed by atoms with Gasteiger partial charge in [0, 0.05) is 5.56 Å². The molecule has 1 aromatic carbocycles. The third kappa shape index (κ3) is 3.05. The minimum Gasteiger partial charge on any atom is -0.346 e. The molecule has 84 valence electrons. The Bertz CT molecular complexity index is 301. The highest BCUT2D eigenvalue weighted by Crippen LogP contribution is 2.24. The van der Waals surface area contributed by atoms with Crippen LogP contribution >= 0.6 is 0 Å². The SMILES string of the molecule is CC.Cc1ccc(C2OCCO2)cc1C. The van der Waals surface area contributed by atoms with Crippen molar-refractivity contribution in [1.29, 1.82) is 0 Å². The average Bonchev–Trinajstić information content (AvgIpc) is 2.78. The minimum absolute atomic E-state index is 0.140. The van der Waals surface area contributed by atoms with E-state index >= 15 is 0 Å². The molecule has 1 aromatic rings. The predicted octanol–water partition coefficient (Wildman–Crippen LogP) is 3.38. The van der Waals surface area contributed by atoms with E-state index in [2.05, 4.69) is 32.0 Å². The summed E-state index contributed by atoms with van der Waals surface area (Å²) in [7, 11) is 0.